The molecule has 0 spiro atoms. The SMILES string of the molecule is Cc1nc(N2CCC(c3nnc4n3-c3ccc(Cl)cc3CN(CC(F)(F)C3COC3)C4)CC2)ccc1F. The Morgan fingerprint density at radius 1 is 1.08 bits per heavy atom. The molecule has 3 aromatic rings. The maximum atomic E-state index is 14.9. The highest BCUT2D eigenvalue weighted by atomic mass is 35.5. The number of anilines is 1. The number of rotatable bonds is 5. The number of pyridine rings is 1. The maximum absolute atomic E-state index is 14.9. The fourth-order valence-corrected chi connectivity index (χ4v) is 5.64. The highest BCUT2D eigenvalue weighted by Gasteiger charge is 2.45. The molecule has 3 aliphatic rings. The van der Waals surface area contributed by atoms with E-state index in [0.717, 1.165) is 48.8 Å². The van der Waals surface area contributed by atoms with Crippen molar-refractivity contribution in [2.75, 3.05) is 37.7 Å². The Morgan fingerprint density at radius 2 is 1.86 bits per heavy atom. The third kappa shape index (κ3) is 4.70. The van der Waals surface area contributed by atoms with Crippen molar-refractivity contribution in [1.29, 1.82) is 0 Å². The van der Waals surface area contributed by atoms with E-state index in [-0.39, 0.29) is 38.0 Å². The van der Waals surface area contributed by atoms with Gasteiger partial charge in [0, 0.05) is 30.6 Å². The van der Waals surface area contributed by atoms with Gasteiger partial charge in [-0.25, -0.2) is 18.2 Å². The van der Waals surface area contributed by atoms with Gasteiger partial charge in [0.25, 0.3) is 5.92 Å². The molecule has 0 unspecified atom stereocenters. The third-order valence-electron chi connectivity index (χ3n) is 7.66. The van der Waals surface area contributed by atoms with E-state index in [9.17, 15) is 13.2 Å². The van der Waals surface area contributed by atoms with Crippen LogP contribution in [0.5, 0.6) is 0 Å². The zero-order valence-electron chi connectivity index (χ0n) is 20.5. The van der Waals surface area contributed by atoms with Crippen LogP contribution in [0.3, 0.4) is 0 Å². The lowest BCUT2D eigenvalue weighted by Crippen LogP contribution is -2.49. The van der Waals surface area contributed by atoms with E-state index in [1.165, 1.54) is 6.07 Å². The summed E-state index contributed by atoms with van der Waals surface area (Å²) in [5.74, 6) is -1.52. The summed E-state index contributed by atoms with van der Waals surface area (Å²) in [6.07, 6.45) is 1.64. The highest BCUT2D eigenvalue weighted by molar-refractivity contribution is 6.30. The summed E-state index contributed by atoms with van der Waals surface area (Å²) < 4.78 is 50.6. The van der Waals surface area contributed by atoms with Crippen LogP contribution in [0.25, 0.3) is 5.69 Å². The molecule has 0 atom stereocenters. The number of aromatic nitrogens is 4. The first-order chi connectivity index (χ1) is 17.8. The van der Waals surface area contributed by atoms with Crippen LogP contribution in [-0.2, 0) is 17.8 Å². The molecule has 6 rings (SSSR count). The molecule has 0 bridgehead atoms. The fourth-order valence-electron chi connectivity index (χ4n) is 5.45. The van der Waals surface area contributed by atoms with E-state index in [2.05, 4.69) is 20.1 Å². The first-order valence-corrected chi connectivity index (χ1v) is 13.0. The summed E-state index contributed by atoms with van der Waals surface area (Å²) in [4.78, 5) is 8.28. The predicted octanol–water partition coefficient (Wildman–Crippen LogP) is 4.74. The van der Waals surface area contributed by atoms with E-state index in [1.54, 1.807) is 17.9 Å². The Balaban J connectivity index is 1.26. The summed E-state index contributed by atoms with van der Waals surface area (Å²) in [5.41, 5.74) is 2.14. The maximum Gasteiger partial charge on any atom is 0.267 e. The molecule has 196 valence electrons. The summed E-state index contributed by atoms with van der Waals surface area (Å²) in [6.45, 7) is 3.58. The van der Waals surface area contributed by atoms with Crippen LogP contribution in [0.2, 0.25) is 5.02 Å². The molecule has 5 heterocycles. The van der Waals surface area contributed by atoms with Crippen LogP contribution in [0, 0.1) is 18.7 Å². The quantitative estimate of drug-likeness (QED) is 0.473. The Morgan fingerprint density at radius 3 is 2.57 bits per heavy atom. The molecule has 1 aromatic carbocycles. The number of alkyl halides is 2. The number of piperidine rings is 1. The average Bonchev–Trinajstić information content (AvgIpc) is 3.16. The number of ether oxygens (including phenoxy) is 1. The van der Waals surface area contributed by atoms with E-state index in [4.69, 9.17) is 16.3 Å². The second-order valence-corrected chi connectivity index (χ2v) is 10.7. The third-order valence-corrected chi connectivity index (χ3v) is 7.89. The van der Waals surface area contributed by atoms with Gasteiger partial charge in [-0.15, -0.1) is 10.2 Å². The molecule has 0 aliphatic carbocycles. The van der Waals surface area contributed by atoms with Crippen LogP contribution >= 0.6 is 11.6 Å². The molecule has 2 fully saturated rings. The van der Waals surface area contributed by atoms with Crippen LogP contribution in [0.1, 0.15) is 41.7 Å². The van der Waals surface area contributed by atoms with Crippen molar-refractivity contribution in [1.82, 2.24) is 24.6 Å². The molecule has 0 saturated carbocycles. The summed E-state index contributed by atoms with van der Waals surface area (Å²) in [6, 6.07) is 8.76. The minimum atomic E-state index is -2.85. The molecule has 0 radical (unpaired) electrons. The van der Waals surface area contributed by atoms with Crippen LogP contribution < -0.4 is 4.90 Å². The second-order valence-electron chi connectivity index (χ2n) is 10.2. The lowest BCUT2D eigenvalue weighted by Gasteiger charge is -2.36. The zero-order chi connectivity index (χ0) is 25.7. The minimum absolute atomic E-state index is 0.0926. The van der Waals surface area contributed by atoms with Gasteiger partial charge in [-0.3, -0.25) is 9.47 Å². The summed E-state index contributed by atoms with van der Waals surface area (Å²) >= 11 is 6.32. The predicted molar refractivity (Wildman–Crippen MR) is 133 cm³/mol. The van der Waals surface area contributed by atoms with Crippen molar-refractivity contribution >= 4 is 17.4 Å². The molecule has 7 nitrogen and oxygen atoms in total. The summed E-state index contributed by atoms with van der Waals surface area (Å²) in [5, 5.41) is 9.60. The minimum Gasteiger partial charge on any atom is -0.380 e. The molecule has 0 N–H and O–H groups in total. The smallest absolute Gasteiger partial charge is 0.267 e. The van der Waals surface area contributed by atoms with E-state index < -0.39 is 11.8 Å². The highest BCUT2D eigenvalue weighted by Crippen LogP contribution is 2.37. The molecule has 37 heavy (non-hydrogen) atoms. The van der Waals surface area contributed by atoms with Gasteiger partial charge in [0.1, 0.15) is 17.5 Å². The van der Waals surface area contributed by atoms with Crippen molar-refractivity contribution < 1.29 is 17.9 Å². The lowest BCUT2D eigenvalue weighted by molar-refractivity contribution is -0.179. The molecule has 2 saturated heterocycles. The Hall–Kier alpha value is -2.69. The summed E-state index contributed by atoms with van der Waals surface area (Å²) in [7, 11) is 0. The first kappa shape index (κ1) is 24.6. The van der Waals surface area contributed by atoms with Gasteiger partial charge >= 0.3 is 0 Å². The Kier molecular flexibility index (Phi) is 6.37. The van der Waals surface area contributed by atoms with Gasteiger partial charge in [-0.1, -0.05) is 11.6 Å². The van der Waals surface area contributed by atoms with Gasteiger partial charge in [0.15, 0.2) is 5.82 Å². The Labute approximate surface area is 218 Å². The number of hydrogen-bond donors (Lipinski definition) is 0. The van der Waals surface area contributed by atoms with Crippen molar-refractivity contribution in [3.8, 4) is 5.69 Å². The molecular weight excluding hydrogens is 505 g/mol. The van der Waals surface area contributed by atoms with Crippen LogP contribution in [0.4, 0.5) is 19.0 Å². The number of fused-ring (bicyclic) bond motifs is 3. The standard InChI is InChI=1S/C26H28ClF3N6O/c1-16-21(28)3-5-23(31-16)35-8-6-17(7-9-35)25-33-32-24-12-34(15-26(29,30)19-13-37-14-19)11-18-10-20(27)2-4-22(18)36(24)25/h2-5,10,17,19H,6-9,11-15H2,1H3. The van der Waals surface area contributed by atoms with Crippen LogP contribution in [0.15, 0.2) is 30.3 Å². The number of aryl methyl sites for hydroxylation is 1. The molecular formula is C26H28ClF3N6O. The zero-order valence-corrected chi connectivity index (χ0v) is 21.3. The van der Waals surface area contributed by atoms with E-state index >= 15 is 0 Å². The molecule has 2 aromatic heterocycles. The van der Waals surface area contributed by atoms with Gasteiger partial charge in [-0.05, 0) is 55.7 Å². The number of benzene rings is 1. The van der Waals surface area contributed by atoms with E-state index in [1.807, 2.05) is 22.8 Å². The van der Waals surface area contributed by atoms with Gasteiger partial charge in [-0.2, -0.15) is 0 Å². The van der Waals surface area contributed by atoms with Crippen molar-refractivity contribution in [3.05, 3.63) is 64.1 Å². The van der Waals surface area contributed by atoms with Gasteiger partial charge in [0.05, 0.1) is 43.6 Å². The van der Waals surface area contributed by atoms with Crippen LogP contribution in [-0.4, -0.2) is 63.4 Å². The van der Waals surface area contributed by atoms with E-state index in [0.29, 0.717) is 23.1 Å². The molecule has 0 amide bonds. The number of halogens is 4. The number of nitrogens with zero attached hydrogens (tertiary/aromatic N) is 6. The van der Waals surface area contributed by atoms with Gasteiger partial charge < -0.3 is 9.64 Å². The second kappa shape index (κ2) is 9.56. The monoisotopic (exact) mass is 532 g/mol. The Bertz CT molecular complexity index is 1310. The van der Waals surface area contributed by atoms with Gasteiger partial charge in [0.2, 0.25) is 0 Å². The topological polar surface area (TPSA) is 59.3 Å². The van der Waals surface area contributed by atoms with Crippen molar-refractivity contribution in [2.24, 2.45) is 5.92 Å². The lowest BCUT2D eigenvalue weighted by atomic mass is 9.95. The first-order valence-electron chi connectivity index (χ1n) is 12.6. The van der Waals surface area contributed by atoms with Crippen molar-refractivity contribution in [3.63, 3.8) is 0 Å². The largest absolute Gasteiger partial charge is 0.380 e. The number of hydrogen-bond acceptors (Lipinski definition) is 6. The molecule has 3 aliphatic heterocycles. The fraction of sp³-hybridized carbons (Fsp3) is 0.500. The van der Waals surface area contributed by atoms with Crippen molar-refractivity contribution in [2.45, 2.75) is 44.7 Å². The molecule has 11 heteroatoms. The normalized spacial score (nSPS) is 19.3. The average molecular weight is 533 g/mol.